The van der Waals surface area contributed by atoms with E-state index in [0.29, 0.717) is 53.3 Å². The van der Waals surface area contributed by atoms with Crippen molar-refractivity contribution < 1.29 is 32.3 Å². The van der Waals surface area contributed by atoms with E-state index in [1.54, 1.807) is 31.1 Å². The van der Waals surface area contributed by atoms with Gasteiger partial charge in [0.05, 0.1) is 29.6 Å². The standard InChI is InChI=1S/C45H55N7O7S2/c1-26(2)35-25-60-41(49-35)34-22-38(32-17-18-37(58-5)27(3)39(32)48-34)59-31-21-36-40(53)50-45(43(55)51-61(56,57)44(4)19-20-44)23-28(45)11-9-7-6-8-10-12-33(42(54)52(36)24-31)47-30-15-13-29(46)14-16-30/h9,11,13-18,22,25-26,28,31,33,36,47H,6-8,10,12,19-21,23-24,46H2,1-5H3,(H,50,53)(H,51,55). The third-order valence-corrected chi connectivity index (χ3v) is 15.8. The Kier molecular flexibility index (Phi) is 11.5. The number of fused-ring (bicyclic) bond motifs is 3. The first-order valence-corrected chi connectivity index (χ1v) is 23.6. The number of pyridine rings is 1. The largest absolute Gasteiger partial charge is 0.496 e. The van der Waals surface area contributed by atoms with Crippen molar-refractivity contribution in [3.05, 3.63) is 71.3 Å². The zero-order chi connectivity index (χ0) is 43.3. The van der Waals surface area contributed by atoms with Crippen molar-refractivity contribution in [1.82, 2.24) is 24.9 Å². The number of methoxy groups -OCH3 is 1. The molecule has 2 aliphatic heterocycles. The van der Waals surface area contributed by atoms with Crippen LogP contribution in [0.2, 0.25) is 0 Å². The quantitative estimate of drug-likeness (QED) is 0.0991. The van der Waals surface area contributed by atoms with Crippen LogP contribution in [0.3, 0.4) is 0 Å². The van der Waals surface area contributed by atoms with Crippen LogP contribution in [0.5, 0.6) is 11.5 Å². The molecule has 14 nitrogen and oxygen atoms in total. The van der Waals surface area contributed by atoms with E-state index < -0.39 is 56.2 Å². The Labute approximate surface area is 361 Å². The number of nitrogens with zero attached hydrogens (tertiary/aromatic N) is 3. The Morgan fingerprint density at radius 1 is 1.07 bits per heavy atom. The molecule has 324 valence electrons. The van der Waals surface area contributed by atoms with Gasteiger partial charge in [0, 0.05) is 46.1 Å². The van der Waals surface area contributed by atoms with Crippen LogP contribution < -0.4 is 30.6 Å². The molecular formula is C45H55N7O7S2. The van der Waals surface area contributed by atoms with Gasteiger partial charge in [-0.15, -0.1) is 11.3 Å². The first-order chi connectivity index (χ1) is 29.1. The highest BCUT2D eigenvalue weighted by Gasteiger charge is 2.63. The van der Waals surface area contributed by atoms with E-state index in [1.807, 2.05) is 54.8 Å². The topological polar surface area (TPSA) is 195 Å². The maximum absolute atomic E-state index is 14.9. The van der Waals surface area contributed by atoms with Crippen molar-refractivity contribution in [1.29, 1.82) is 0 Å². The molecule has 1 saturated heterocycles. The van der Waals surface area contributed by atoms with Gasteiger partial charge in [0.15, 0.2) is 0 Å². The van der Waals surface area contributed by atoms with E-state index in [-0.39, 0.29) is 31.2 Å². The van der Waals surface area contributed by atoms with Crippen LogP contribution in [-0.4, -0.2) is 83.1 Å². The van der Waals surface area contributed by atoms with E-state index in [4.69, 9.17) is 25.2 Å². The predicted octanol–water partition coefficient (Wildman–Crippen LogP) is 6.60. The van der Waals surface area contributed by atoms with Gasteiger partial charge in [-0.2, -0.15) is 0 Å². The van der Waals surface area contributed by atoms with Gasteiger partial charge >= 0.3 is 0 Å². The average molecular weight is 870 g/mol. The summed E-state index contributed by atoms with van der Waals surface area (Å²) in [6.45, 7) is 7.81. The third kappa shape index (κ3) is 8.53. The van der Waals surface area contributed by atoms with Crippen molar-refractivity contribution in [3.63, 3.8) is 0 Å². The molecule has 4 aliphatic rings. The lowest BCUT2D eigenvalue weighted by Crippen LogP contribution is -2.58. The summed E-state index contributed by atoms with van der Waals surface area (Å²) < 4.78 is 40.4. The van der Waals surface area contributed by atoms with Crippen molar-refractivity contribution in [3.8, 4) is 22.2 Å². The highest BCUT2D eigenvalue weighted by Crippen LogP contribution is 2.48. The second kappa shape index (κ2) is 16.6. The number of hydrogen-bond acceptors (Lipinski definition) is 12. The summed E-state index contributed by atoms with van der Waals surface area (Å²) in [6, 6.07) is 11.1. The van der Waals surface area contributed by atoms with E-state index in [9.17, 15) is 22.8 Å². The molecule has 2 aliphatic carbocycles. The number of sulfonamides is 1. The molecular weight excluding hydrogens is 815 g/mol. The number of aromatic nitrogens is 2. The fraction of sp³-hybridized carbons (Fsp3) is 0.489. The van der Waals surface area contributed by atoms with Gasteiger partial charge in [-0.05, 0) is 94.7 Å². The summed E-state index contributed by atoms with van der Waals surface area (Å²) in [5, 5.41) is 9.90. The highest BCUT2D eigenvalue weighted by atomic mass is 32.2. The van der Waals surface area contributed by atoms with Crippen LogP contribution in [0.25, 0.3) is 21.6 Å². The first-order valence-electron chi connectivity index (χ1n) is 21.2. The Balaban J connectivity index is 1.15. The maximum atomic E-state index is 14.9. The number of carbonyl (C=O) groups is 3. The van der Waals surface area contributed by atoms with Gasteiger partial charge in [-0.1, -0.05) is 38.8 Å². The highest BCUT2D eigenvalue weighted by molar-refractivity contribution is 7.91. The lowest BCUT2D eigenvalue weighted by atomic mass is 10.0. The summed E-state index contributed by atoms with van der Waals surface area (Å²) >= 11 is 1.50. The van der Waals surface area contributed by atoms with Crippen LogP contribution in [0.15, 0.2) is 60.0 Å². The maximum Gasteiger partial charge on any atom is 0.259 e. The number of hydrogen-bond donors (Lipinski definition) is 4. The van der Waals surface area contributed by atoms with Crippen molar-refractivity contribution in [2.24, 2.45) is 5.92 Å². The number of amides is 3. The molecule has 5 unspecified atom stereocenters. The van der Waals surface area contributed by atoms with E-state index in [2.05, 4.69) is 29.2 Å². The molecule has 2 aromatic heterocycles. The summed E-state index contributed by atoms with van der Waals surface area (Å²) in [5.41, 5.74) is 8.89. The zero-order valence-corrected chi connectivity index (χ0v) is 37.0. The summed E-state index contributed by atoms with van der Waals surface area (Å²) in [7, 11) is -2.37. The lowest BCUT2D eigenvalue weighted by Gasteiger charge is -2.30. The molecule has 4 aromatic rings. The van der Waals surface area contributed by atoms with Crippen LogP contribution >= 0.6 is 11.3 Å². The summed E-state index contributed by atoms with van der Waals surface area (Å²) in [6.07, 6.45) is 8.26. The molecule has 3 amide bonds. The molecule has 16 heteroatoms. The van der Waals surface area contributed by atoms with Gasteiger partial charge in [-0.25, -0.2) is 18.4 Å². The molecule has 5 atom stereocenters. The Morgan fingerprint density at radius 2 is 1.84 bits per heavy atom. The third-order valence-electron chi connectivity index (χ3n) is 12.7. The van der Waals surface area contributed by atoms with Crippen LogP contribution in [0.1, 0.15) is 95.7 Å². The fourth-order valence-corrected chi connectivity index (χ4v) is 10.6. The van der Waals surface area contributed by atoms with Gasteiger partial charge in [0.1, 0.15) is 45.9 Å². The normalized spacial score (nSPS) is 25.2. The number of allylic oxidation sites excluding steroid dienone is 1. The zero-order valence-electron chi connectivity index (χ0n) is 35.3. The minimum atomic E-state index is -3.98. The average Bonchev–Trinajstić information content (AvgIpc) is 4.00. The monoisotopic (exact) mass is 869 g/mol. The number of ether oxygens (including phenoxy) is 2. The van der Waals surface area contributed by atoms with Crippen LogP contribution in [0.4, 0.5) is 11.4 Å². The molecule has 4 heterocycles. The SMILES string of the molecule is COc1ccc2c(OC3CC4C(=O)NC5(C(=O)NS(=O)(=O)C6(C)CC6)CC5C=CCCCCCC(Nc5ccc(N)cc5)C(=O)N4C3)cc(-c3nc(C(C)C)cs3)nc2c1C. The fourth-order valence-electron chi connectivity index (χ4n) is 8.38. The van der Waals surface area contributed by atoms with E-state index >= 15 is 0 Å². The molecule has 61 heavy (non-hydrogen) atoms. The summed E-state index contributed by atoms with van der Waals surface area (Å²) in [4.78, 5) is 55.2. The van der Waals surface area contributed by atoms with E-state index in [0.717, 1.165) is 47.3 Å². The minimum Gasteiger partial charge on any atom is -0.496 e. The lowest BCUT2D eigenvalue weighted by molar-refractivity contribution is -0.140. The number of anilines is 2. The second-order valence-electron chi connectivity index (χ2n) is 17.5. The smallest absolute Gasteiger partial charge is 0.259 e. The van der Waals surface area contributed by atoms with Crippen molar-refractivity contribution in [2.45, 2.75) is 120 Å². The van der Waals surface area contributed by atoms with Crippen LogP contribution in [-0.2, 0) is 24.4 Å². The minimum absolute atomic E-state index is 0.0785. The number of nitrogens with two attached hydrogens (primary N) is 1. The van der Waals surface area contributed by atoms with Crippen LogP contribution in [0, 0.1) is 12.8 Å². The molecule has 3 fully saturated rings. The number of rotatable bonds is 10. The first kappa shape index (κ1) is 42.5. The number of nitrogens with one attached hydrogen (secondary N) is 3. The molecule has 0 radical (unpaired) electrons. The predicted molar refractivity (Wildman–Crippen MR) is 237 cm³/mol. The molecule has 2 saturated carbocycles. The molecule has 8 rings (SSSR count). The van der Waals surface area contributed by atoms with Crippen molar-refractivity contribution >= 4 is 61.4 Å². The summed E-state index contributed by atoms with van der Waals surface area (Å²) in [5.74, 6) is -0.584. The Hall–Kier alpha value is -5.22. The molecule has 0 bridgehead atoms. The Bertz CT molecular complexity index is 2480. The van der Waals surface area contributed by atoms with Crippen molar-refractivity contribution in [2.75, 3.05) is 24.7 Å². The number of benzene rings is 2. The number of carbonyl (C=O) groups excluding carboxylic acids is 3. The number of nitrogen functional groups attached to an aromatic ring is 1. The number of aryl methyl sites for hydroxylation is 1. The number of thiazole rings is 1. The molecule has 5 N–H and O–H groups in total. The van der Waals surface area contributed by atoms with E-state index in [1.165, 1.54) is 11.3 Å². The second-order valence-corrected chi connectivity index (χ2v) is 20.6. The van der Waals surface area contributed by atoms with Gasteiger partial charge in [0.25, 0.3) is 5.91 Å². The molecule has 2 aromatic carbocycles. The van der Waals surface area contributed by atoms with Gasteiger partial charge < -0.3 is 30.7 Å². The van der Waals surface area contributed by atoms with Gasteiger partial charge in [0.2, 0.25) is 21.8 Å². The van der Waals surface area contributed by atoms with Gasteiger partial charge in [-0.3, -0.25) is 19.1 Å². The molecule has 0 spiro atoms. The Morgan fingerprint density at radius 3 is 2.54 bits per heavy atom.